The van der Waals surface area contributed by atoms with E-state index in [1.165, 1.54) is 5.56 Å². The summed E-state index contributed by atoms with van der Waals surface area (Å²) in [6, 6.07) is 14.4. The summed E-state index contributed by atoms with van der Waals surface area (Å²) in [7, 11) is 3.37. The highest BCUT2D eigenvalue weighted by Gasteiger charge is 2.28. The Labute approximate surface area is 136 Å². The monoisotopic (exact) mass is 317 g/mol. The van der Waals surface area contributed by atoms with Gasteiger partial charge in [-0.25, -0.2) is 0 Å². The Hall–Kier alpha value is -1.87. The summed E-state index contributed by atoms with van der Waals surface area (Å²) in [4.78, 5) is 2.40. The highest BCUT2D eigenvalue weighted by atomic mass is 35.5. The Morgan fingerprint density at radius 3 is 2.68 bits per heavy atom. The molecular weight excluding hydrogens is 298 g/mol. The normalized spacial score (nSPS) is 17.6. The van der Waals surface area contributed by atoms with Crippen LogP contribution in [0.3, 0.4) is 0 Å². The van der Waals surface area contributed by atoms with Crippen molar-refractivity contribution in [3.8, 4) is 11.5 Å². The zero-order valence-electron chi connectivity index (χ0n) is 12.9. The molecule has 0 bridgehead atoms. The SMILES string of the molecule is COc1ccc(C2CCCN2c2cccc(Cl)c2)c(OC)c1. The van der Waals surface area contributed by atoms with Gasteiger partial charge in [-0.2, -0.15) is 0 Å². The molecule has 1 aliphatic rings. The van der Waals surface area contributed by atoms with Gasteiger partial charge in [0.2, 0.25) is 0 Å². The van der Waals surface area contributed by atoms with Crippen LogP contribution >= 0.6 is 11.6 Å². The van der Waals surface area contributed by atoms with Crippen LogP contribution in [0.25, 0.3) is 0 Å². The van der Waals surface area contributed by atoms with Crippen LogP contribution in [-0.4, -0.2) is 20.8 Å². The first-order valence-electron chi connectivity index (χ1n) is 7.47. The van der Waals surface area contributed by atoms with Crippen molar-refractivity contribution >= 4 is 17.3 Å². The molecule has 0 N–H and O–H groups in total. The third kappa shape index (κ3) is 2.86. The molecule has 2 aromatic rings. The van der Waals surface area contributed by atoms with Crippen LogP contribution in [0.15, 0.2) is 42.5 Å². The minimum Gasteiger partial charge on any atom is -0.497 e. The van der Waals surface area contributed by atoms with Gasteiger partial charge >= 0.3 is 0 Å². The molecular formula is C18H20ClNO2. The number of benzene rings is 2. The zero-order valence-corrected chi connectivity index (χ0v) is 13.6. The summed E-state index contributed by atoms with van der Waals surface area (Å²) < 4.78 is 10.9. The molecule has 3 rings (SSSR count). The van der Waals surface area contributed by atoms with Gasteiger partial charge in [-0.05, 0) is 43.2 Å². The van der Waals surface area contributed by atoms with E-state index in [-0.39, 0.29) is 0 Å². The molecule has 1 unspecified atom stereocenters. The quantitative estimate of drug-likeness (QED) is 0.816. The highest BCUT2D eigenvalue weighted by Crippen LogP contribution is 2.41. The van der Waals surface area contributed by atoms with Gasteiger partial charge in [0.1, 0.15) is 11.5 Å². The predicted octanol–water partition coefficient (Wildman–Crippen LogP) is 4.70. The fourth-order valence-corrected chi connectivity index (χ4v) is 3.33. The Balaban J connectivity index is 1.96. The summed E-state index contributed by atoms with van der Waals surface area (Å²) in [5, 5.41) is 0.768. The van der Waals surface area contributed by atoms with E-state index in [0.717, 1.165) is 41.6 Å². The molecule has 3 nitrogen and oxygen atoms in total. The second-order valence-electron chi connectivity index (χ2n) is 5.44. The second kappa shape index (κ2) is 6.49. The van der Waals surface area contributed by atoms with Crippen molar-refractivity contribution in [3.63, 3.8) is 0 Å². The molecule has 116 valence electrons. The lowest BCUT2D eigenvalue weighted by Crippen LogP contribution is -2.22. The first kappa shape index (κ1) is 15.0. The summed E-state index contributed by atoms with van der Waals surface area (Å²) in [5.41, 5.74) is 2.36. The van der Waals surface area contributed by atoms with Gasteiger partial charge in [-0.3, -0.25) is 0 Å². The number of nitrogens with zero attached hydrogens (tertiary/aromatic N) is 1. The summed E-state index contributed by atoms with van der Waals surface area (Å²) in [5.74, 6) is 1.69. The van der Waals surface area contributed by atoms with Crippen LogP contribution in [0.5, 0.6) is 11.5 Å². The maximum atomic E-state index is 6.15. The van der Waals surface area contributed by atoms with E-state index in [1.807, 2.05) is 30.3 Å². The van der Waals surface area contributed by atoms with Crippen LogP contribution in [-0.2, 0) is 0 Å². The summed E-state index contributed by atoms with van der Waals surface area (Å²) >= 11 is 6.15. The van der Waals surface area contributed by atoms with Crippen molar-refractivity contribution in [2.45, 2.75) is 18.9 Å². The van der Waals surface area contributed by atoms with Gasteiger partial charge in [0.25, 0.3) is 0 Å². The third-order valence-corrected chi connectivity index (χ3v) is 4.43. The molecule has 0 saturated carbocycles. The number of hydrogen-bond acceptors (Lipinski definition) is 3. The van der Waals surface area contributed by atoms with Crippen molar-refractivity contribution in [2.75, 3.05) is 25.7 Å². The van der Waals surface area contributed by atoms with Crippen LogP contribution < -0.4 is 14.4 Å². The maximum absolute atomic E-state index is 6.15. The number of halogens is 1. The van der Waals surface area contributed by atoms with Crippen LogP contribution in [0.4, 0.5) is 5.69 Å². The van der Waals surface area contributed by atoms with E-state index in [2.05, 4.69) is 17.0 Å². The van der Waals surface area contributed by atoms with Crippen molar-refractivity contribution in [1.82, 2.24) is 0 Å². The average molecular weight is 318 g/mol. The molecule has 1 heterocycles. The van der Waals surface area contributed by atoms with Crippen molar-refractivity contribution in [3.05, 3.63) is 53.1 Å². The maximum Gasteiger partial charge on any atom is 0.127 e. The lowest BCUT2D eigenvalue weighted by Gasteiger charge is -2.28. The van der Waals surface area contributed by atoms with Gasteiger partial charge in [0.05, 0.1) is 20.3 Å². The number of anilines is 1. The molecule has 0 amide bonds. The minimum absolute atomic E-state index is 0.305. The number of ether oxygens (including phenoxy) is 2. The molecule has 0 aliphatic carbocycles. The number of rotatable bonds is 4. The first-order chi connectivity index (χ1) is 10.7. The van der Waals surface area contributed by atoms with Crippen molar-refractivity contribution < 1.29 is 9.47 Å². The van der Waals surface area contributed by atoms with Gasteiger partial charge in [0, 0.05) is 28.9 Å². The van der Waals surface area contributed by atoms with Gasteiger partial charge in [0.15, 0.2) is 0 Å². The van der Waals surface area contributed by atoms with E-state index in [1.54, 1.807) is 14.2 Å². The van der Waals surface area contributed by atoms with Gasteiger partial charge in [-0.15, -0.1) is 0 Å². The van der Waals surface area contributed by atoms with E-state index >= 15 is 0 Å². The van der Waals surface area contributed by atoms with Crippen LogP contribution in [0.2, 0.25) is 5.02 Å². The molecule has 2 aromatic carbocycles. The first-order valence-corrected chi connectivity index (χ1v) is 7.85. The van der Waals surface area contributed by atoms with Crippen LogP contribution in [0.1, 0.15) is 24.4 Å². The Kier molecular flexibility index (Phi) is 4.44. The minimum atomic E-state index is 0.305. The van der Waals surface area contributed by atoms with Gasteiger partial charge < -0.3 is 14.4 Å². The van der Waals surface area contributed by atoms with E-state index in [9.17, 15) is 0 Å². The number of methoxy groups -OCH3 is 2. The average Bonchev–Trinajstić information content (AvgIpc) is 3.03. The van der Waals surface area contributed by atoms with E-state index in [0.29, 0.717) is 6.04 Å². The molecule has 1 atom stereocenters. The fourth-order valence-electron chi connectivity index (χ4n) is 3.15. The van der Waals surface area contributed by atoms with Crippen LogP contribution in [0, 0.1) is 0 Å². The summed E-state index contributed by atoms with van der Waals surface area (Å²) in [6.07, 6.45) is 2.27. The molecule has 1 aliphatic heterocycles. The predicted molar refractivity (Wildman–Crippen MR) is 90.3 cm³/mol. The lowest BCUT2D eigenvalue weighted by molar-refractivity contribution is 0.388. The summed E-state index contributed by atoms with van der Waals surface area (Å²) in [6.45, 7) is 1.03. The van der Waals surface area contributed by atoms with E-state index < -0.39 is 0 Å². The second-order valence-corrected chi connectivity index (χ2v) is 5.88. The van der Waals surface area contributed by atoms with Crippen molar-refractivity contribution in [1.29, 1.82) is 0 Å². The zero-order chi connectivity index (χ0) is 15.5. The topological polar surface area (TPSA) is 21.7 Å². The van der Waals surface area contributed by atoms with E-state index in [4.69, 9.17) is 21.1 Å². The standard InChI is InChI=1S/C18H20ClNO2/c1-21-15-8-9-16(18(12-15)22-2)17-7-4-10-20(17)14-6-3-5-13(19)11-14/h3,5-6,8-9,11-12,17H,4,7,10H2,1-2H3. The largest absolute Gasteiger partial charge is 0.497 e. The molecule has 1 fully saturated rings. The van der Waals surface area contributed by atoms with Crippen molar-refractivity contribution in [2.24, 2.45) is 0 Å². The molecule has 0 aromatic heterocycles. The lowest BCUT2D eigenvalue weighted by atomic mass is 10.0. The molecule has 0 spiro atoms. The Morgan fingerprint density at radius 2 is 1.95 bits per heavy atom. The number of hydrogen-bond donors (Lipinski definition) is 0. The fraction of sp³-hybridized carbons (Fsp3) is 0.333. The molecule has 0 radical (unpaired) electrons. The molecule has 22 heavy (non-hydrogen) atoms. The Morgan fingerprint density at radius 1 is 1.09 bits per heavy atom. The highest BCUT2D eigenvalue weighted by molar-refractivity contribution is 6.30. The van der Waals surface area contributed by atoms with Gasteiger partial charge in [-0.1, -0.05) is 17.7 Å². The molecule has 4 heteroatoms. The Bertz CT molecular complexity index is 659. The molecule has 1 saturated heterocycles. The third-order valence-electron chi connectivity index (χ3n) is 4.19. The smallest absolute Gasteiger partial charge is 0.127 e.